The molecule has 0 atom stereocenters. The molecule has 4 fully saturated rings. The molecule has 1 N–H and O–H groups in total. The Morgan fingerprint density at radius 2 is 1.79 bits per heavy atom. The minimum Gasteiger partial charge on any atom is -0.493 e. The molecule has 1 aliphatic heterocycles. The minimum absolute atomic E-state index is 0.00621. The number of hydrogen-bond donors (Lipinski definition) is 1. The van der Waals surface area contributed by atoms with Gasteiger partial charge in [-0.25, -0.2) is 4.98 Å². The molecule has 4 saturated carbocycles. The summed E-state index contributed by atoms with van der Waals surface area (Å²) in [6.07, 6.45) is 8.57. The molecule has 1 amide bonds. The van der Waals surface area contributed by atoms with Gasteiger partial charge >= 0.3 is 0 Å². The van der Waals surface area contributed by atoms with E-state index in [0.717, 1.165) is 67.1 Å². The highest BCUT2D eigenvalue weighted by atomic mass is 16.5. The van der Waals surface area contributed by atoms with Crippen LogP contribution < -0.4 is 10.1 Å². The first-order valence-corrected chi connectivity index (χ1v) is 10.7. The van der Waals surface area contributed by atoms with Crippen molar-refractivity contribution in [1.29, 1.82) is 0 Å². The zero-order chi connectivity index (χ0) is 18.7. The molecule has 28 heavy (non-hydrogen) atoms. The normalized spacial score (nSPS) is 32.1. The van der Waals surface area contributed by atoms with Gasteiger partial charge in [-0.05, 0) is 92.2 Å². The van der Waals surface area contributed by atoms with Gasteiger partial charge < -0.3 is 10.1 Å². The molecule has 0 saturated heterocycles. The van der Waals surface area contributed by atoms with Crippen LogP contribution in [0.3, 0.4) is 0 Å². The zero-order valence-corrected chi connectivity index (χ0v) is 16.1. The molecule has 4 bridgehead atoms. The van der Waals surface area contributed by atoms with Crippen LogP contribution in [0, 0.1) is 17.8 Å². The zero-order valence-electron chi connectivity index (χ0n) is 16.1. The average Bonchev–Trinajstić information content (AvgIpc) is 3.14. The van der Waals surface area contributed by atoms with E-state index in [9.17, 15) is 4.79 Å². The van der Waals surface area contributed by atoms with Crippen LogP contribution >= 0.6 is 0 Å². The van der Waals surface area contributed by atoms with Crippen LogP contribution in [0.5, 0.6) is 5.75 Å². The van der Waals surface area contributed by atoms with E-state index in [1.807, 2.05) is 30.3 Å². The monoisotopic (exact) mass is 374 g/mol. The van der Waals surface area contributed by atoms with E-state index in [2.05, 4.69) is 11.4 Å². The Bertz CT molecular complexity index is 916. The number of nitrogens with one attached hydrogen (secondary N) is 1. The van der Waals surface area contributed by atoms with E-state index in [4.69, 9.17) is 9.72 Å². The largest absolute Gasteiger partial charge is 0.493 e. The minimum atomic E-state index is -0.00621. The number of pyridine rings is 1. The van der Waals surface area contributed by atoms with Crippen molar-refractivity contribution >= 4 is 5.91 Å². The van der Waals surface area contributed by atoms with Crippen molar-refractivity contribution in [3.8, 4) is 17.0 Å². The molecule has 2 aromatic rings. The van der Waals surface area contributed by atoms with Crippen LogP contribution in [0.4, 0.5) is 0 Å². The lowest BCUT2D eigenvalue weighted by Gasteiger charge is -2.56. The fourth-order valence-corrected chi connectivity index (χ4v) is 6.64. The van der Waals surface area contributed by atoms with Gasteiger partial charge in [-0.3, -0.25) is 4.79 Å². The van der Waals surface area contributed by atoms with E-state index in [-0.39, 0.29) is 11.4 Å². The molecule has 4 heteroatoms. The Hall–Kier alpha value is -2.36. The lowest BCUT2D eigenvalue weighted by molar-refractivity contribution is -0.0167. The maximum absolute atomic E-state index is 13.1. The number of aromatic nitrogens is 1. The van der Waals surface area contributed by atoms with Gasteiger partial charge in [0, 0.05) is 17.5 Å². The SMILES string of the molecule is O=C(NC12CC3CC(CC(C3)C1)C2)c1cccc(-c2ccc3c(c2)CCO3)n1. The number of hydrogen-bond acceptors (Lipinski definition) is 3. The number of rotatable bonds is 3. The smallest absolute Gasteiger partial charge is 0.270 e. The first kappa shape index (κ1) is 16.6. The van der Waals surface area contributed by atoms with Crippen molar-refractivity contribution in [3.63, 3.8) is 0 Å². The fourth-order valence-electron chi connectivity index (χ4n) is 6.64. The van der Waals surface area contributed by atoms with Crippen LogP contribution in [0.15, 0.2) is 36.4 Å². The Morgan fingerprint density at radius 1 is 1.04 bits per heavy atom. The van der Waals surface area contributed by atoms with Crippen molar-refractivity contribution in [1.82, 2.24) is 10.3 Å². The number of benzene rings is 1. The van der Waals surface area contributed by atoms with E-state index in [1.165, 1.54) is 24.8 Å². The van der Waals surface area contributed by atoms with E-state index < -0.39 is 0 Å². The third-order valence-corrected chi connectivity index (χ3v) is 7.38. The summed E-state index contributed by atoms with van der Waals surface area (Å²) in [6.45, 7) is 0.750. The molecule has 7 rings (SSSR count). The van der Waals surface area contributed by atoms with Crippen LogP contribution in [0.1, 0.15) is 54.6 Å². The fraction of sp³-hybridized carbons (Fsp3) is 0.500. The molecule has 5 aliphatic rings. The standard InChI is InChI=1S/C24H26N2O2/c27-23(26-24-12-15-8-16(13-24)10-17(9-15)14-24)21-3-1-2-20(25-21)18-4-5-22-19(11-18)6-7-28-22/h1-5,11,15-17H,6-10,12-14H2,(H,26,27). The Morgan fingerprint density at radius 3 is 2.54 bits per heavy atom. The van der Waals surface area contributed by atoms with Crippen LogP contribution in [-0.4, -0.2) is 23.0 Å². The summed E-state index contributed by atoms with van der Waals surface area (Å²) in [6, 6.07) is 12.0. The van der Waals surface area contributed by atoms with Crippen molar-refractivity contribution in [2.45, 2.75) is 50.5 Å². The highest BCUT2D eigenvalue weighted by Gasteiger charge is 2.51. The summed E-state index contributed by atoms with van der Waals surface area (Å²) < 4.78 is 5.60. The summed E-state index contributed by atoms with van der Waals surface area (Å²) >= 11 is 0. The van der Waals surface area contributed by atoms with Crippen molar-refractivity contribution in [2.24, 2.45) is 17.8 Å². The molecule has 0 spiro atoms. The maximum atomic E-state index is 13.1. The molecule has 0 radical (unpaired) electrons. The molecule has 4 nitrogen and oxygen atoms in total. The Kier molecular flexibility index (Phi) is 3.59. The van der Waals surface area contributed by atoms with Gasteiger partial charge in [-0.1, -0.05) is 6.07 Å². The van der Waals surface area contributed by atoms with Gasteiger partial charge in [0.15, 0.2) is 0 Å². The molecule has 0 unspecified atom stereocenters. The van der Waals surface area contributed by atoms with E-state index in [1.54, 1.807) is 0 Å². The molecule has 2 heterocycles. The van der Waals surface area contributed by atoms with Gasteiger partial charge in [0.25, 0.3) is 5.91 Å². The quantitative estimate of drug-likeness (QED) is 0.867. The Balaban J connectivity index is 1.25. The summed E-state index contributed by atoms with van der Waals surface area (Å²) in [5, 5.41) is 3.44. The maximum Gasteiger partial charge on any atom is 0.270 e. The number of carbonyl (C=O) groups is 1. The number of nitrogens with zero attached hydrogens (tertiary/aromatic N) is 1. The Labute approximate surface area is 165 Å². The summed E-state index contributed by atoms with van der Waals surface area (Å²) in [4.78, 5) is 17.8. The van der Waals surface area contributed by atoms with Crippen molar-refractivity contribution < 1.29 is 9.53 Å². The lowest BCUT2D eigenvalue weighted by atomic mass is 9.53. The third-order valence-electron chi connectivity index (χ3n) is 7.38. The molecule has 144 valence electrons. The summed E-state index contributed by atoms with van der Waals surface area (Å²) in [5.74, 6) is 3.42. The summed E-state index contributed by atoms with van der Waals surface area (Å²) in [7, 11) is 0. The molecule has 1 aromatic heterocycles. The van der Waals surface area contributed by atoms with Crippen LogP contribution in [0.2, 0.25) is 0 Å². The molecule has 4 aliphatic carbocycles. The van der Waals surface area contributed by atoms with Gasteiger partial charge in [-0.2, -0.15) is 0 Å². The van der Waals surface area contributed by atoms with Crippen molar-refractivity contribution in [2.75, 3.05) is 6.61 Å². The number of carbonyl (C=O) groups excluding carboxylic acids is 1. The average molecular weight is 374 g/mol. The second-order valence-electron chi connectivity index (χ2n) is 9.48. The van der Waals surface area contributed by atoms with Crippen LogP contribution in [0.25, 0.3) is 11.3 Å². The topological polar surface area (TPSA) is 51.2 Å². The molecular formula is C24H26N2O2. The highest BCUT2D eigenvalue weighted by Crippen LogP contribution is 2.55. The first-order chi connectivity index (χ1) is 13.7. The molecular weight excluding hydrogens is 348 g/mol. The van der Waals surface area contributed by atoms with Crippen LogP contribution in [-0.2, 0) is 6.42 Å². The van der Waals surface area contributed by atoms with E-state index >= 15 is 0 Å². The number of fused-ring (bicyclic) bond motifs is 1. The number of amides is 1. The highest BCUT2D eigenvalue weighted by molar-refractivity contribution is 5.93. The predicted octanol–water partition coefficient (Wildman–Crippen LogP) is 4.38. The second kappa shape index (κ2) is 6.07. The van der Waals surface area contributed by atoms with Crippen molar-refractivity contribution in [3.05, 3.63) is 47.7 Å². The van der Waals surface area contributed by atoms with Gasteiger partial charge in [0.2, 0.25) is 0 Å². The third kappa shape index (κ3) is 2.73. The predicted molar refractivity (Wildman–Crippen MR) is 107 cm³/mol. The van der Waals surface area contributed by atoms with E-state index in [0.29, 0.717) is 5.69 Å². The van der Waals surface area contributed by atoms with Gasteiger partial charge in [-0.15, -0.1) is 0 Å². The van der Waals surface area contributed by atoms with Gasteiger partial charge in [0.05, 0.1) is 12.3 Å². The second-order valence-corrected chi connectivity index (χ2v) is 9.48. The first-order valence-electron chi connectivity index (χ1n) is 10.7. The molecule has 1 aromatic carbocycles. The van der Waals surface area contributed by atoms with Gasteiger partial charge in [0.1, 0.15) is 11.4 Å². The summed E-state index contributed by atoms with van der Waals surface area (Å²) in [5.41, 5.74) is 3.68. The number of ether oxygens (including phenoxy) is 1. The lowest BCUT2D eigenvalue weighted by Crippen LogP contribution is -2.59.